The van der Waals surface area contributed by atoms with Crippen LogP contribution in [-0.4, -0.2) is 91.8 Å². The van der Waals surface area contributed by atoms with E-state index in [2.05, 4.69) is 4.74 Å². The maximum absolute atomic E-state index is 9.21. The maximum Gasteiger partial charge on any atom is 0.516 e. The van der Waals surface area contributed by atoms with Crippen LogP contribution in [0.25, 0.3) is 0 Å². The molecule has 0 bridgehead atoms. The quantitative estimate of drug-likeness (QED) is 0.193. The zero-order valence-electron chi connectivity index (χ0n) is 9.79. The average molecular weight is 290 g/mol. The van der Waals surface area contributed by atoms with E-state index in [1.807, 2.05) is 0 Å². The van der Waals surface area contributed by atoms with Crippen LogP contribution in [0.1, 0.15) is 0 Å². The highest BCUT2D eigenvalue weighted by atomic mass is 16.7. The molecular formula is C8H18O11. The Morgan fingerprint density at radius 1 is 0.737 bits per heavy atom. The minimum atomic E-state index is -1.81. The molecule has 0 aliphatic rings. The third-order valence-corrected chi connectivity index (χ3v) is 1.02. The molecule has 0 aromatic carbocycles. The Labute approximate surface area is 107 Å². The highest BCUT2D eigenvalue weighted by Crippen LogP contribution is 1.74. The fourth-order valence-corrected chi connectivity index (χ4v) is 0.190. The number of aliphatic hydroxyl groups is 6. The van der Waals surface area contributed by atoms with Crippen LogP contribution in [0.3, 0.4) is 0 Å². The SMILES string of the molecule is O=C(O)OC(=O)O.OCC(O)CO.OCC(O)CO. The van der Waals surface area contributed by atoms with Gasteiger partial charge in [-0.25, -0.2) is 9.59 Å². The Balaban J connectivity index is -0.000000203. The van der Waals surface area contributed by atoms with Crippen LogP contribution < -0.4 is 0 Å². The molecule has 0 saturated carbocycles. The third-order valence-electron chi connectivity index (χ3n) is 1.02. The molecule has 0 radical (unpaired) electrons. The summed E-state index contributed by atoms with van der Waals surface area (Å²) in [6, 6.07) is 0. The van der Waals surface area contributed by atoms with Gasteiger partial charge in [-0.1, -0.05) is 0 Å². The van der Waals surface area contributed by atoms with Crippen molar-refractivity contribution in [3.63, 3.8) is 0 Å². The number of carboxylic acid groups (broad SMARTS) is 2. The number of carbonyl (C=O) groups is 2. The smallest absolute Gasteiger partial charge is 0.449 e. The largest absolute Gasteiger partial charge is 0.516 e. The lowest BCUT2D eigenvalue weighted by atomic mass is 10.4. The van der Waals surface area contributed by atoms with Gasteiger partial charge in [-0.2, -0.15) is 0 Å². The van der Waals surface area contributed by atoms with E-state index in [4.69, 9.17) is 40.9 Å². The Bertz CT molecular complexity index is 189. The Hall–Kier alpha value is -1.50. The maximum atomic E-state index is 9.21. The molecule has 0 spiro atoms. The van der Waals surface area contributed by atoms with Gasteiger partial charge in [-0.3, -0.25) is 0 Å². The van der Waals surface area contributed by atoms with E-state index in [9.17, 15) is 9.59 Å². The Morgan fingerprint density at radius 3 is 0.947 bits per heavy atom. The Kier molecular flexibility index (Phi) is 19.7. The summed E-state index contributed by atoms with van der Waals surface area (Å²) >= 11 is 0. The van der Waals surface area contributed by atoms with E-state index in [0.717, 1.165) is 0 Å². The molecule has 0 heterocycles. The molecule has 11 heteroatoms. The molecule has 0 aromatic heterocycles. The van der Waals surface area contributed by atoms with Gasteiger partial charge in [-0.15, -0.1) is 0 Å². The van der Waals surface area contributed by atoms with E-state index in [0.29, 0.717) is 0 Å². The van der Waals surface area contributed by atoms with E-state index in [-0.39, 0.29) is 26.4 Å². The van der Waals surface area contributed by atoms with Crippen molar-refractivity contribution in [3.8, 4) is 0 Å². The van der Waals surface area contributed by atoms with Gasteiger partial charge in [0.25, 0.3) is 0 Å². The van der Waals surface area contributed by atoms with Crippen LogP contribution >= 0.6 is 0 Å². The molecule has 0 aromatic rings. The summed E-state index contributed by atoms with van der Waals surface area (Å²) in [4.78, 5) is 18.4. The van der Waals surface area contributed by atoms with Gasteiger partial charge in [-0.05, 0) is 0 Å². The molecular weight excluding hydrogens is 272 g/mol. The van der Waals surface area contributed by atoms with Crippen molar-refractivity contribution in [1.29, 1.82) is 0 Å². The summed E-state index contributed by atoms with van der Waals surface area (Å²) in [6.45, 7) is -1.46. The van der Waals surface area contributed by atoms with Crippen molar-refractivity contribution < 1.29 is 55.2 Å². The van der Waals surface area contributed by atoms with Crippen molar-refractivity contribution in [2.45, 2.75) is 12.2 Å². The van der Waals surface area contributed by atoms with Crippen LogP contribution in [0.2, 0.25) is 0 Å². The minimum Gasteiger partial charge on any atom is -0.449 e. The molecule has 0 aliphatic heterocycles. The second kappa shape index (κ2) is 16.5. The number of hydrogen-bond donors (Lipinski definition) is 8. The highest BCUT2D eigenvalue weighted by Gasteiger charge is 2.01. The van der Waals surface area contributed by atoms with Crippen molar-refractivity contribution in [3.05, 3.63) is 0 Å². The topological polar surface area (TPSA) is 205 Å². The first-order valence-corrected chi connectivity index (χ1v) is 4.68. The van der Waals surface area contributed by atoms with Crippen molar-refractivity contribution in [2.75, 3.05) is 26.4 Å². The van der Waals surface area contributed by atoms with Crippen LogP contribution in [0.5, 0.6) is 0 Å². The van der Waals surface area contributed by atoms with Crippen molar-refractivity contribution >= 4 is 12.3 Å². The fraction of sp³-hybridized carbons (Fsp3) is 0.750. The first-order valence-electron chi connectivity index (χ1n) is 4.68. The monoisotopic (exact) mass is 290 g/mol. The highest BCUT2D eigenvalue weighted by molar-refractivity contribution is 5.74. The summed E-state index contributed by atoms with van der Waals surface area (Å²) < 4.78 is 3.08. The molecule has 0 amide bonds. The van der Waals surface area contributed by atoms with Crippen LogP contribution in [0, 0.1) is 0 Å². The summed E-state index contributed by atoms with van der Waals surface area (Å²) in [5, 5.41) is 63.0. The first kappa shape index (κ1) is 22.7. The molecule has 19 heavy (non-hydrogen) atoms. The second-order valence-electron chi connectivity index (χ2n) is 2.67. The van der Waals surface area contributed by atoms with E-state index in [1.165, 1.54) is 0 Å². The number of ether oxygens (including phenoxy) is 1. The van der Waals surface area contributed by atoms with Gasteiger partial charge in [0.05, 0.1) is 26.4 Å². The van der Waals surface area contributed by atoms with Crippen molar-refractivity contribution in [1.82, 2.24) is 0 Å². The van der Waals surface area contributed by atoms with Crippen molar-refractivity contribution in [2.24, 2.45) is 0 Å². The second-order valence-corrected chi connectivity index (χ2v) is 2.67. The zero-order valence-corrected chi connectivity index (χ0v) is 9.79. The lowest BCUT2D eigenvalue weighted by Gasteiger charge is -1.96. The van der Waals surface area contributed by atoms with Gasteiger partial charge in [0.2, 0.25) is 0 Å². The number of rotatable bonds is 4. The first-order chi connectivity index (χ1) is 8.74. The molecule has 0 atom stereocenters. The molecule has 0 aliphatic carbocycles. The lowest BCUT2D eigenvalue weighted by molar-refractivity contribution is 0.0450. The summed E-state index contributed by atoms with van der Waals surface area (Å²) in [5.74, 6) is 0. The van der Waals surface area contributed by atoms with E-state index in [1.54, 1.807) is 0 Å². The predicted molar refractivity (Wildman–Crippen MR) is 57.5 cm³/mol. The van der Waals surface area contributed by atoms with Crippen LogP contribution in [0.4, 0.5) is 9.59 Å². The molecule has 0 unspecified atom stereocenters. The number of aliphatic hydroxyl groups excluding tert-OH is 6. The van der Waals surface area contributed by atoms with Gasteiger partial charge >= 0.3 is 12.3 Å². The Morgan fingerprint density at radius 2 is 0.947 bits per heavy atom. The molecule has 11 nitrogen and oxygen atoms in total. The fourth-order valence-electron chi connectivity index (χ4n) is 0.190. The normalized spacial score (nSPS) is 9.05. The predicted octanol–water partition coefficient (Wildman–Crippen LogP) is -2.98. The van der Waals surface area contributed by atoms with Gasteiger partial charge in [0, 0.05) is 0 Å². The van der Waals surface area contributed by atoms with Gasteiger partial charge < -0.3 is 45.6 Å². The van der Waals surface area contributed by atoms with Crippen LogP contribution in [0.15, 0.2) is 0 Å². The summed E-state index contributed by atoms with van der Waals surface area (Å²) in [5.41, 5.74) is 0. The number of hydrogen-bond acceptors (Lipinski definition) is 9. The molecule has 0 fully saturated rings. The third kappa shape index (κ3) is 31.5. The molecule has 0 rings (SSSR count). The molecule has 8 N–H and O–H groups in total. The lowest BCUT2D eigenvalue weighted by Crippen LogP contribution is -2.15. The summed E-state index contributed by atoms with van der Waals surface area (Å²) in [7, 11) is 0. The van der Waals surface area contributed by atoms with Crippen LogP contribution in [-0.2, 0) is 4.74 Å². The van der Waals surface area contributed by atoms with E-state index < -0.39 is 24.5 Å². The molecule has 0 saturated heterocycles. The standard InChI is InChI=1S/2C3H8O3.C2H2O5/c2*4-1-3(6)2-5;3-1(4)7-2(5)6/h2*3-6H,1-2H2;(H,3,4)(H,5,6). The van der Waals surface area contributed by atoms with E-state index >= 15 is 0 Å². The van der Waals surface area contributed by atoms with Gasteiger partial charge in [0.1, 0.15) is 12.2 Å². The molecule has 116 valence electrons. The average Bonchev–Trinajstić information content (AvgIpc) is 2.36. The zero-order chi connectivity index (χ0) is 15.8. The summed E-state index contributed by atoms with van der Waals surface area (Å²) in [6.07, 6.45) is -5.53. The van der Waals surface area contributed by atoms with Gasteiger partial charge in [0.15, 0.2) is 0 Å². The minimum absolute atomic E-state index is 0.365.